The first-order chi connectivity index (χ1) is 11.9. The molecule has 1 heterocycles. The van der Waals surface area contributed by atoms with Crippen LogP contribution in [0.3, 0.4) is 0 Å². The number of carbonyl (C=O) groups excluding carboxylic acids is 1. The Hall–Kier alpha value is -3.22. The Morgan fingerprint density at radius 2 is 1.58 bits per heavy atom. The molecule has 0 atom stereocenters. The van der Waals surface area contributed by atoms with Crippen LogP contribution >= 0.6 is 0 Å². The highest BCUT2D eigenvalue weighted by atomic mass is 19.4. The van der Waals surface area contributed by atoms with Gasteiger partial charge >= 0.3 is 12.4 Å². The van der Waals surface area contributed by atoms with Crippen LogP contribution in [0.2, 0.25) is 0 Å². The van der Waals surface area contributed by atoms with Crippen LogP contribution in [-0.4, -0.2) is 5.97 Å². The van der Waals surface area contributed by atoms with Gasteiger partial charge in [0.2, 0.25) is 0 Å². The van der Waals surface area contributed by atoms with Gasteiger partial charge in [-0.15, -0.1) is 0 Å². The van der Waals surface area contributed by atoms with Crippen LogP contribution in [0.1, 0.15) is 16.9 Å². The van der Waals surface area contributed by atoms with E-state index < -0.39 is 40.6 Å². The first kappa shape index (κ1) is 19.1. The normalized spacial score (nSPS) is 12.7. The molecule has 1 aromatic carbocycles. The number of alkyl halides is 6. The molecule has 2 aromatic rings. The zero-order chi connectivity index (χ0) is 19.7. The maximum absolute atomic E-state index is 12.8. The Balaban J connectivity index is 2.56. The summed E-state index contributed by atoms with van der Waals surface area (Å²) < 4.78 is 82.1. The third kappa shape index (κ3) is 4.24. The van der Waals surface area contributed by atoms with E-state index in [9.17, 15) is 36.2 Å². The molecule has 0 unspecified atom stereocenters. The van der Waals surface area contributed by atoms with Crippen LogP contribution in [0.25, 0.3) is 17.4 Å². The lowest BCUT2D eigenvalue weighted by Gasteiger charge is -2.13. The molecule has 0 N–H and O–H groups in total. The van der Waals surface area contributed by atoms with Gasteiger partial charge in [0.1, 0.15) is 17.6 Å². The first-order valence-corrected chi connectivity index (χ1v) is 6.64. The minimum Gasteiger partial charge on any atom is -0.544 e. The summed E-state index contributed by atoms with van der Waals surface area (Å²) >= 11 is 0. The summed E-state index contributed by atoms with van der Waals surface area (Å²) in [6, 6.07) is 4.33. The lowest BCUT2D eigenvalue weighted by molar-refractivity contribution is -0.298. The zero-order valence-electron chi connectivity index (χ0n) is 12.4. The van der Waals surface area contributed by atoms with Crippen LogP contribution in [0.4, 0.5) is 26.3 Å². The highest BCUT2D eigenvalue weighted by Gasteiger charge is 2.37. The standard InChI is InChI=1S/C16H7F6NO3/c17-15(18,19)10-3-8(4-11(6-10)16(20,21)22)13-2-1-12(26-13)5-9(7-23)14(24)25/h1-6H,(H,24,25)/p-1/b9-5+. The van der Waals surface area contributed by atoms with E-state index in [0.29, 0.717) is 12.1 Å². The number of hydrogen-bond donors (Lipinski definition) is 0. The molecule has 0 amide bonds. The molecule has 0 spiro atoms. The highest BCUT2D eigenvalue weighted by molar-refractivity contribution is 5.94. The highest BCUT2D eigenvalue weighted by Crippen LogP contribution is 2.39. The van der Waals surface area contributed by atoms with Gasteiger partial charge in [-0.2, -0.15) is 31.6 Å². The van der Waals surface area contributed by atoms with E-state index in [4.69, 9.17) is 9.68 Å². The van der Waals surface area contributed by atoms with Gasteiger partial charge in [0.25, 0.3) is 0 Å². The van der Waals surface area contributed by atoms with E-state index in [-0.39, 0.29) is 17.6 Å². The molecule has 0 fully saturated rings. The number of hydrogen-bond acceptors (Lipinski definition) is 4. The number of carbonyl (C=O) groups is 1. The molecule has 0 saturated carbocycles. The minimum atomic E-state index is -5.02. The second-order valence-electron chi connectivity index (χ2n) is 4.95. The summed E-state index contributed by atoms with van der Waals surface area (Å²) in [7, 11) is 0. The number of nitrogens with zero attached hydrogens (tertiary/aromatic N) is 1. The average Bonchev–Trinajstić information content (AvgIpc) is 2.98. The summed E-state index contributed by atoms with van der Waals surface area (Å²) in [6.07, 6.45) is -9.31. The fraction of sp³-hybridized carbons (Fsp3) is 0.125. The van der Waals surface area contributed by atoms with Gasteiger partial charge in [-0.3, -0.25) is 0 Å². The van der Waals surface area contributed by atoms with Gasteiger partial charge in [-0.05, 0) is 30.3 Å². The Kier molecular flexibility index (Phi) is 4.84. The van der Waals surface area contributed by atoms with Gasteiger partial charge in [-0.25, -0.2) is 0 Å². The van der Waals surface area contributed by atoms with Crippen molar-refractivity contribution in [2.24, 2.45) is 0 Å². The van der Waals surface area contributed by atoms with Gasteiger partial charge < -0.3 is 14.3 Å². The number of furan rings is 1. The lowest BCUT2D eigenvalue weighted by atomic mass is 10.0. The SMILES string of the molecule is N#C/C(=C\c1ccc(-c2cc(C(F)(F)F)cc(C(F)(F)F)c2)o1)C(=O)[O-]. The first-order valence-electron chi connectivity index (χ1n) is 6.64. The molecule has 0 aliphatic carbocycles. The number of rotatable bonds is 3. The number of nitriles is 1. The summed E-state index contributed by atoms with van der Waals surface area (Å²) in [4.78, 5) is 10.6. The smallest absolute Gasteiger partial charge is 0.416 e. The summed E-state index contributed by atoms with van der Waals surface area (Å²) in [6.45, 7) is 0. The van der Waals surface area contributed by atoms with E-state index >= 15 is 0 Å². The van der Waals surface area contributed by atoms with Crippen LogP contribution in [-0.2, 0) is 17.1 Å². The van der Waals surface area contributed by atoms with E-state index in [1.807, 2.05) is 0 Å². The molecule has 0 aliphatic rings. The zero-order valence-corrected chi connectivity index (χ0v) is 12.4. The monoisotopic (exact) mass is 374 g/mol. The van der Waals surface area contributed by atoms with Crippen LogP contribution < -0.4 is 5.11 Å². The van der Waals surface area contributed by atoms with Crippen molar-refractivity contribution in [2.75, 3.05) is 0 Å². The van der Waals surface area contributed by atoms with Crippen molar-refractivity contribution in [3.05, 3.63) is 52.8 Å². The third-order valence-electron chi connectivity index (χ3n) is 3.13. The summed E-state index contributed by atoms with van der Waals surface area (Å²) in [5, 5.41) is 19.2. The summed E-state index contributed by atoms with van der Waals surface area (Å²) in [5.74, 6) is -2.45. The predicted octanol–water partition coefficient (Wildman–Crippen LogP) is 3.64. The quantitative estimate of drug-likeness (QED) is 0.467. The number of benzene rings is 1. The second kappa shape index (κ2) is 6.59. The number of aliphatic carboxylic acids is 1. The fourth-order valence-electron chi connectivity index (χ4n) is 1.96. The van der Waals surface area contributed by atoms with Crippen molar-refractivity contribution in [1.82, 2.24) is 0 Å². The maximum Gasteiger partial charge on any atom is 0.416 e. The van der Waals surface area contributed by atoms with Crippen LogP contribution in [0.5, 0.6) is 0 Å². The Bertz CT molecular complexity index is 883. The van der Waals surface area contributed by atoms with Gasteiger partial charge in [0.15, 0.2) is 0 Å². The molecule has 0 bridgehead atoms. The molecule has 4 nitrogen and oxygen atoms in total. The molecule has 10 heteroatoms. The van der Waals surface area contributed by atoms with Crippen molar-refractivity contribution < 1.29 is 40.7 Å². The predicted molar refractivity (Wildman–Crippen MR) is 72.7 cm³/mol. The van der Waals surface area contributed by atoms with Crippen molar-refractivity contribution in [2.45, 2.75) is 12.4 Å². The van der Waals surface area contributed by atoms with Crippen molar-refractivity contribution in [1.29, 1.82) is 5.26 Å². The van der Waals surface area contributed by atoms with Gasteiger partial charge in [0, 0.05) is 11.6 Å². The third-order valence-corrected chi connectivity index (χ3v) is 3.13. The molecule has 0 radical (unpaired) electrons. The molecule has 26 heavy (non-hydrogen) atoms. The van der Waals surface area contributed by atoms with E-state index in [2.05, 4.69) is 0 Å². The van der Waals surface area contributed by atoms with Crippen molar-refractivity contribution in [3.8, 4) is 17.4 Å². The van der Waals surface area contributed by atoms with Crippen LogP contribution in [0, 0.1) is 11.3 Å². The van der Waals surface area contributed by atoms with E-state index in [1.54, 1.807) is 0 Å². The molecule has 0 saturated heterocycles. The second-order valence-corrected chi connectivity index (χ2v) is 4.95. The molecule has 1 aromatic heterocycles. The number of carboxylic acids is 1. The Labute approximate surface area is 141 Å². The summed E-state index contributed by atoms with van der Waals surface area (Å²) in [5.41, 5.74) is -4.39. The van der Waals surface area contributed by atoms with Crippen LogP contribution in [0.15, 0.2) is 40.3 Å². The minimum absolute atomic E-state index is 0.0306. The number of halogens is 6. The molecular formula is C16H6F6NO3-. The average molecular weight is 374 g/mol. The van der Waals surface area contributed by atoms with E-state index in [0.717, 1.165) is 18.2 Å². The molecule has 0 aliphatic heterocycles. The van der Waals surface area contributed by atoms with E-state index in [1.165, 1.54) is 6.07 Å². The fourth-order valence-corrected chi connectivity index (χ4v) is 1.96. The van der Waals surface area contributed by atoms with Gasteiger partial charge in [0.05, 0.1) is 22.7 Å². The maximum atomic E-state index is 12.8. The van der Waals surface area contributed by atoms with Gasteiger partial charge in [-0.1, -0.05) is 0 Å². The lowest BCUT2D eigenvalue weighted by Crippen LogP contribution is -2.23. The number of carboxylic acid groups (broad SMARTS) is 1. The topological polar surface area (TPSA) is 77.1 Å². The Morgan fingerprint density at radius 3 is 2.00 bits per heavy atom. The van der Waals surface area contributed by atoms with Crippen molar-refractivity contribution >= 4 is 12.0 Å². The molecular weight excluding hydrogens is 368 g/mol. The van der Waals surface area contributed by atoms with Crippen molar-refractivity contribution in [3.63, 3.8) is 0 Å². The largest absolute Gasteiger partial charge is 0.544 e. The Morgan fingerprint density at radius 1 is 1.04 bits per heavy atom. The molecule has 2 rings (SSSR count). The molecule has 136 valence electrons.